The van der Waals surface area contributed by atoms with Crippen LogP contribution in [0.5, 0.6) is 6.01 Å². The van der Waals surface area contributed by atoms with Crippen LogP contribution in [0.15, 0.2) is 95.2 Å². The summed E-state index contributed by atoms with van der Waals surface area (Å²) in [6, 6.07) is 18.4. The number of ether oxygens (including phenoxy) is 1. The minimum Gasteiger partial charge on any atom is -0.467 e. The van der Waals surface area contributed by atoms with E-state index in [1.807, 2.05) is 61.5 Å². The molecule has 0 saturated heterocycles. The fraction of sp³-hybridized carbons (Fsp3) is 0.103. The van der Waals surface area contributed by atoms with Crippen molar-refractivity contribution in [2.45, 2.75) is 13.0 Å². The molecule has 0 aliphatic heterocycles. The molecule has 192 valence electrons. The first-order chi connectivity index (χ1) is 19.0. The van der Waals surface area contributed by atoms with Crippen LogP contribution in [0.2, 0.25) is 0 Å². The average Bonchev–Trinajstić information content (AvgIpc) is 2.97. The van der Waals surface area contributed by atoms with Crippen molar-refractivity contribution in [3.63, 3.8) is 0 Å². The molecule has 4 heterocycles. The molecule has 10 heteroatoms. The number of benzene rings is 2. The number of aromatic nitrogens is 6. The third kappa shape index (κ3) is 4.27. The number of para-hydroxylation sites is 1. The minimum atomic E-state index is -0.409. The number of fused-ring (bicyclic) bond motifs is 2. The average molecular weight is 518 g/mol. The maximum Gasteiger partial charge on any atom is 0.316 e. The lowest BCUT2D eigenvalue weighted by molar-refractivity contribution is 0.380. The van der Waals surface area contributed by atoms with E-state index in [0.717, 1.165) is 5.39 Å². The Balaban J connectivity index is 1.56. The quantitative estimate of drug-likeness (QED) is 0.335. The number of rotatable bonds is 6. The lowest BCUT2D eigenvalue weighted by Gasteiger charge is -2.22. The zero-order valence-corrected chi connectivity index (χ0v) is 21.1. The van der Waals surface area contributed by atoms with Gasteiger partial charge in [0.1, 0.15) is 23.2 Å². The van der Waals surface area contributed by atoms with Crippen molar-refractivity contribution < 1.29 is 4.74 Å². The number of nitrogens with zero attached hydrogens (tertiary/aromatic N) is 5. The molecule has 0 bridgehead atoms. The number of H-pyrrole nitrogens is 1. The summed E-state index contributed by atoms with van der Waals surface area (Å²) in [4.78, 5) is 46.8. The van der Waals surface area contributed by atoms with Crippen LogP contribution in [-0.2, 0) is 0 Å². The Bertz CT molecular complexity index is 1930. The van der Waals surface area contributed by atoms with Crippen LogP contribution in [0.3, 0.4) is 0 Å². The van der Waals surface area contributed by atoms with Gasteiger partial charge in [0.25, 0.3) is 5.56 Å². The molecular formula is C29H23N7O3. The van der Waals surface area contributed by atoms with E-state index in [0.29, 0.717) is 44.7 Å². The summed E-state index contributed by atoms with van der Waals surface area (Å²) in [5.41, 5.74) is 2.84. The van der Waals surface area contributed by atoms with Crippen molar-refractivity contribution in [1.82, 2.24) is 29.5 Å². The Labute approximate surface area is 222 Å². The molecule has 2 aromatic carbocycles. The molecule has 0 aliphatic rings. The van der Waals surface area contributed by atoms with Crippen molar-refractivity contribution in [1.29, 1.82) is 0 Å². The van der Waals surface area contributed by atoms with Crippen LogP contribution >= 0.6 is 0 Å². The molecule has 0 aliphatic carbocycles. The number of hydrogen-bond acceptors (Lipinski definition) is 8. The monoisotopic (exact) mass is 517 g/mol. The van der Waals surface area contributed by atoms with Crippen molar-refractivity contribution in [3.8, 4) is 22.8 Å². The second kappa shape index (κ2) is 9.82. The van der Waals surface area contributed by atoms with Crippen LogP contribution < -0.4 is 21.0 Å². The van der Waals surface area contributed by atoms with Gasteiger partial charge in [-0.3, -0.25) is 14.2 Å². The topological polar surface area (TPSA) is 128 Å². The fourth-order valence-corrected chi connectivity index (χ4v) is 4.74. The molecule has 0 unspecified atom stereocenters. The summed E-state index contributed by atoms with van der Waals surface area (Å²) in [6.07, 6.45) is 6.22. The molecule has 0 amide bonds. The predicted molar refractivity (Wildman–Crippen MR) is 149 cm³/mol. The molecule has 0 saturated carbocycles. The largest absolute Gasteiger partial charge is 0.467 e. The zero-order chi connectivity index (χ0) is 26.9. The minimum absolute atomic E-state index is 0.195. The fourth-order valence-electron chi connectivity index (χ4n) is 4.74. The van der Waals surface area contributed by atoms with E-state index in [1.54, 1.807) is 23.2 Å². The van der Waals surface area contributed by atoms with Gasteiger partial charge in [-0.1, -0.05) is 36.4 Å². The third-order valence-electron chi connectivity index (χ3n) is 6.56. The van der Waals surface area contributed by atoms with Gasteiger partial charge in [-0.05, 0) is 36.1 Å². The van der Waals surface area contributed by atoms with E-state index in [1.165, 1.54) is 19.5 Å². The second-order valence-corrected chi connectivity index (χ2v) is 8.93. The third-order valence-corrected chi connectivity index (χ3v) is 6.56. The van der Waals surface area contributed by atoms with Gasteiger partial charge in [0.15, 0.2) is 5.43 Å². The van der Waals surface area contributed by atoms with Crippen molar-refractivity contribution in [3.05, 3.63) is 112 Å². The maximum atomic E-state index is 14.3. The molecule has 0 spiro atoms. The predicted octanol–water partition coefficient (Wildman–Crippen LogP) is 4.26. The molecule has 39 heavy (non-hydrogen) atoms. The van der Waals surface area contributed by atoms with Gasteiger partial charge >= 0.3 is 6.01 Å². The molecule has 6 aromatic rings. The van der Waals surface area contributed by atoms with Crippen LogP contribution in [0.1, 0.15) is 18.7 Å². The molecule has 4 aromatic heterocycles. The van der Waals surface area contributed by atoms with E-state index in [-0.39, 0.29) is 17.0 Å². The molecule has 6 rings (SSSR count). The summed E-state index contributed by atoms with van der Waals surface area (Å²) < 4.78 is 6.77. The Kier molecular flexibility index (Phi) is 6.04. The van der Waals surface area contributed by atoms with E-state index >= 15 is 0 Å². The first-order valence-corrected chi connectivity index (χ1v) is 12.2. The summed E-state index contributed by atoms with van der Waals surface area (Å²) >= 11 is 0. The summed E-state index contributed by atoms with van der Waals surface area (Å²) in [7, 11) is 1.50. The van der Waals surface area contributed by atoms with Crippen LogP contribution in [0.25, 0.3) is 38.6 Å². The number of pyridine rings is 2. The van der Waals surface area contributed by atoms with Gasteiger partial charge in [-0.15, -0.1) is 0 Å². The van der Waals surface area contributed by atoms with Crippen LogP contribution in [0.4, 0.5) is 5.82 Å². The number of nitrogens with one attached hydrogen (secondary N) is 2. The van der Waals surface area contributed by atoms with Crippen molar-refractivity contribution in [2.24, 2.45) is 0 Å². The second-order valence-electron chi connectivity index (χ2n) is 8.93. The summed E-state index contributed by atoms with van der Waals surface area (Å²) in [6.45, 7) is 1.92. The SMILES string of the molecule is COc1ncc(-c2cccc3cc([C@H](C)Nc4ncnc5[nH]ccc(=O)c45)n(-c4ccccc4)c(=O)c23)cn1. The zero-order valence-electron chi connectivity index (χ0n) is 21.1. The van der Waals surface area contributed by atoms with Crippen LogP contribution in [-0.4, -0.2) is 36.6 Å². The van der Waals surface area contributed by atoms with Gasteiger partial charge in [-0.25, -0.2) is 19.9 Å². The Morgan fingerprint density at radius 1 is 0.923 bits per heavy atom. The summed E-state index contributed by atoms with van der Waals surface area (Å²) in [5.74, 6) is 0.380. The highest BCUT2D eigenvalue weighted by molar-refractivity contribution is 5.96. The van der Waals surface area contributed by atoms with Gasteiger partial charge in [0.2, 0.25) is 0 Å². The number of anilines is 1. The first kappa shape index (κ1) is 24.0. The highest BCUT2D eigenvalue weighted by atomic mass is 16.5. The van der Waals surface area contributed by atoms with Gasteiger partial charge in [0.05, 0.1) is 18.5 Å². The highest BCUT2D eigenvalue weighted by Crippen LogP contribution is 2.30. The number of methoxy groups -OCH3 is 1. The Morgan fingerprint density at radius 2 is 1.72 bits per heavy atom. The van der Waals surface area contributed by atoms with Gasteiger partial charge < -0.3 is 15.0 Å². The number of aromatic amines is 1. The normalized spacial score (nSPS) is 11.9. The molecule has 0 fully saturated rings. The van der Waals surface area contributed by atoms with E-state index in [9.17, 15) is 9.59 Å². The first-order valence-electron chi connectivity index (χ1n) is 12.2. The molecule has 0 radical (unpaired) electrons. The van der Waals surface area contributed by atoms with E-state index < -0.39 is 6.04 Å². The standard InChI is InChI=1S/C29H23N7O3/c1-17(35-27-25-23(37)11-12-30-26(25)33-16-34-27)22-13-18-7-6-10-21(19-14-31-29(39-2)32-15-19)24(18)28(38)36(22)20-8-4-3-5-9-20/h3-17H,1-2H3,(H2,30,33,34,35,37)/t17-/m0/s1. The smallest absolute Gasteiger partial charge is 0.316 e. The molecule has 2 N–H and O–H groups in total. The van der Waals surface area contributed by atoms with Crippen molar-refractivity contribution in [2.75, 3.05) is 12.4 Å². The molecule has 10 nitrogen and oxygen atoms in total. The lowest BCUT2D eigenvalue weighted by atomic mass is 9.99. The number of hydrogen-bond donors (Lipinski definition) is 2. The van der Waals surface area contributed by atoms with E-state index in [2.05, 4.69) is 30.2 Å². The summed E-state index contributed by atoms with van der Waals surface area (Å²) in [5, 5.41) is 4.98. The Hall–Kier alpha value is -5.38. The van der Waals surface area contributed by atoms with Crippen LogP contribution in [0, 0.1) is 0 Å². The Morgan fingerprint density at radius 3 is 2.49 bits per heavy atom. The van der Waals surface area contributed by atoms with Gasteiger partial charge in [-0.2, -0.15) is 0 Å². The highest BCUT2D eigenvalue weighted by Gasteiger charge is 2.20. The van der Waals surface area contributed by atoms with E-state index in [4.69, 9.17) is 4.74 Å². The van der Waals surface area contributed by atoms with Crippen molar-refractivity contribution >= 4 is 27.6 Å². The molecular weight excluding hydrogens is 494 g/mol. The maximum absolute atomic E-state index is 14.3. The lowest BCUT2D eigenvalue weighted by Crippen LogP contribution is -2.26. The van der Waals surface area contributed by atoms with Gasteiger partial charge in [0, 0.05) is 41.6 Å². The molecule has 1 atom stereocenters.